The van der Waals surface area contributed by atoms with Crippen molar-refractivity contribution in [1.82, 2.24) is 20.8 Å². The van der Waals surface area contributed by atoms with Gasteiger partial charge in [-0.1, -0.05) is 5.16 Å². The van der Waals surface area contributed by atoms with Crippen LogP contribution < -0.4 is 10.6 Å². The van der Waals surface area contributed by atoms with Gasteiger partial charge in [-0.2, -0.15) is 0 Å². The van der Waals surface area contributed by atoms with Gasteiger partial charge in [-0.25, -0.2) is 0 Å². The van der Waals surface area contributed by atoms with Gasteiger partial charge in [0.05, 0.1) is 0 Å². The van der Waals surface area contributed by atoms with Gasteiger partial charge >= 0.3 is 0 Å². The second-order valence-electron chi connectivity index (χ2n) is 6.21. The normalized spacial score (nSPS) is 16.5. The molecule has 2 aromatic heterocycles. The summed E-state index contributed by atoms with van der Waals surface area (Å²) < 4.78 is 5.30. The van der Waals surface area contributed by atoms with Crippen LogP contribution in [0.3, 0.4) is 0 Å². The zero-order chi connectivity index (χ0) is 17.1. The molecule has 3 rings (SSSR count). The predicted molar refractivity (Wildman–Crippen MR) is 86.6 cm³/mol. The van der Waals surface area contributed by atoms with Crippen molar-refractivity contribution in [1.29, 1.82) is 0 Å². The summed E-state index contributed by atoms with van der Waals surface area (Å²) in [4.78, 5) is 28.4. The first-order chi connectivity index (χ1) is 11.5. The predicted octanol–water partition coefficient (Wildman–Crippen LogP) is 1.50. The highest BCUT2D eigenvalue weighted by atomic mass is 16.5. The lowest BCUT2D eigenvalue weighted by Crippen LogP contribution is -2.39. The Morgan fingerprint density at radius 1 is 1.25 bits per heavy atom. The van der Waals surface area contributed by atoms with E-state index in [0.717, 1.165) is 17.7 Å². The van der Waals surface area contributed by atoms with E-state index in [1.54, 1.807) is 24.5 Å². The quantitative estimate of drug-likeness (QED) is 0.886. The smallest absolute Gasteiger partial charge is 0.273 e. The lowest BCUT2D eigenvalue weighted by atomic mass is 9.91. The number of carbonyl (C=O) groups is 2. The van der Waals surface area contributed by atoms with Crippen molar-refractivity contribution in [3.05, 3.63) is 47.1 Å². The van der Waals surface area contributed by atoms with E-state index in [9.17, 15) is 9.59 Å². The number of rotatable bonds is 4. The minimum absolute atomic E-state index is 0.0237. The molecule has 0 aromatic carbocycles. The highest BCUT2D eigenvalue weighted by molar-refractivity contribution is 5.95. The average molecular weight is 328 g/mol. The van der Waals surface area contributed by atoms with Crippen molar-refractivity contribution in [3.63, 3.8) is 0 Å². The van der Waals surface area contributed by atoms with Crippen LogP contribution in [0.15, 0.2) is 29.0 Å². The maximum absolute atomic E-state index is 12.3. The number of hydrogen-bond donors (Lipinski definition) is 2. The zero-order valence-electron chi connectivity index (χ0n) is 13.7. The Balaban J connectivity index is 1.71. The Bertz CT molecular complexity index is 740. The minimum Gasteiger partial charge on any atom is -0.360 e. The van der Waals surface area contributed by atoms with Crippen molar-refractivity contribution < 1.29 is 14.1 Å². The molecule has 0 aliphatic heterocycles. The second-order valence-corrected chi connectivity index (χ2v) is 6.21. The van der Waals surface area contributed by atoms with E-state index in [1.165, 1.54) is 0 Å². The van der Waals surface area contributed by atoms with Crippen molar-refractivity contribution in [2.45, 2.75) is 45.2 Å². The van der Waals surface area contributed by atoms with E-state index in [1.807, 2.05) is 13.8 Å². The van der Waals surface area contributed by atoms with Gasteiger partial charge in [0, 0.05) is 42.0 Å². The van der Waals surface area contributed by atoms with Gasteiger partial charge in [0.2, 0.25) is 0 Å². The van der Waals surface area contributed by atoms with E-state index in [0.29, 0.717) is 24.1 Å². The van der Waals surface area contributed by atoms with Gasteiger partial charge in [0.25, 0.3) is 11.8 Å². The number of carbonyl (C=O) groups excluding carboxylic acids is 2. The number of hydrogen-bond acceptors (Lipinski definition) is 5. The molecule has 1 unspecified atom stereocenters. The number of nitrogens with zero attached hydrogens (tertiary/aromatic N) is 2. The Hall–Kier alpha value is -2.70. The molecule has 0 bridgehead atoms. The summed E-state index contributed by atoms with van der Waals surface area (Å²) in [6.07, 6.45) is 5.11. The maximum Gasteiger partial charge on any atom is 0.273 e. The van der Waals surface area contributed by atoms with Crippen LogP contribution >= 0.6 is 0 Å². The molecular formula is C17H20N4O3. The highest BCUT2D eigenvalue weighted by Gasteiger charge is 2.29. The molecule has 24 heavy (non-hydrogen) atoms. The maximum atomic E-state index is 12.3. The fourth-order valence-electron chi connectivity index (χ4n) is 2.81. The number of aromatic nitrogens is 2. The van der Waals surface area contributed by atoms with Crippen molar-refractivity contribution in [3.8, 4) is 0 Å². The van der Waals surface area contributed by atoms with Gasteiger partial charge < -0.3 is 15.2 Å². The summed E-state index contributed by atoms with van der Waals surface area (Å²) >= 11 is 0. The van der Waals surface area contributed by atoms with E-state index in [4.69, 9.17) is 4.52 Å². The van der Waals surface area contributed by atoms with Gasteiger partial charge in [0.1, 0.15) is 5.76 Å². The number of amides is 2. The summed E-state index contributed by atoms with van der Waals surface area (Å²) in [5, 5.41) is 9.74. The standard InChI is InChI=1S/C17H20N4O3/c1-10(2)19-17(23)15-13-9-12(3-4-14(13)24-21-15)20-16(22)11-5-7-18-8-6-11/h5-8,10,12H,3-4,9H2,1-2H3,(H,19,23)(H,20,22). The molecule has 7 nitrogen and oxygen atoms in total. The lowest BCUT2D eigenvalue weighted by Gasteiger charge is -2.22. The van der Waals surface area contributed by atoms with Crippen LogP contribution in [-0.4, -0.2) is 34.0 Å². The summed E-state index contributed by atoms with van der Waals surface area (Å²) in [6.45, 7) is 3.78. The molecule has 1 atom stereocenters. The molecule has 0 spiro atoms. The molecule has 2 aromatic rings. The van der Waals surface area contributed by atoms with Crippen LogP contribution in [0.2, 0.25) is 0 Å². The average Bonchev–Trinajstić information content (AvgIpc) is 2.98. The Labute approximate surface area is 139 Å². The third-order valence-electron chi connectivity index (χ3n) is 3.95. The third kappa shape index (κ3) is 3.45. The molecule has 2 N–H and O–H groups in total. The van der Waals surface area contributed by atoms with Crippen LogP contribution in [0.4, 0.5) is 0 Å². The van der Waals surface area contributed by atoms with Crippen LogP contribution in [0, 0.1) is 0 Å². The van der Waals surface area contributed by atoms with Gasteiger partial charge in [-0.05, 0) is 38.8 Å². The second kappa shape index (κ2) is 6.82. The molecule has 1 aliphatic rings. The lowest BCUT2D eigenvalue weighted by molar-refractivity contribution is 0.0928. The van der Waals surface area contributed by atoms with Gasteiger partial charge in [-0.15, -0.1) is 0 Å². The molecule has 0 saturated carbocycles. The van der Waals surface area contributed by atoms with Crippen LogP contribution in [0.1, 0.15) is 52.4 Å². The summed E-state index contributed by atoms with van der Waals surface area (Å²) in [5.41, 5.74) is 1.68. The first-order valence-corrected chi connectivity index (χ1v) is 8.03. The van der Waals surface area contributed by atoms with Crippen molar-refractivity contribution >= 4 is 11.8 Å². The van der Waals surface area contributed by atoms with Crippen molar-refractivity contribution in [2.75, 3.05) is 0 Å². The molecule has 2 heterocycles. The fraction of sp³-hybridized carbons (Fsp3) is 0.412. The summed E-state index contributed by atoms with van der Waals surface area (Å²) in [5.74, 6) is 0.352. The van der Waals surface area contributed by atoms with Crippen LogP contribution in [0.25, 0.3) is 0 Å². The molecule has 0 saturated heterocycles. The largest absolute Gasteiger partial charge is 0.360 e. The first kappa shape index (κ1) is 16.2. The monoisotopic (exact) mass is 328 g/mol. The number of nitrogens with one attached hydrogen (secondary N) is 2. The topological polar surface area (TPSA) is 97.1 Å². The fourth-order valence-corrected chi connectivity index (χ4v) is 2.81. The van der Waals surface area contributed by atoms with E-state index in [-0.39, 0.29) is 23.9 Å². The van der Waals surface area contributed by atoms with Crippen LogP contribution in [-0.2, 0) is 12.8 Å². The van der Waals surface area contributed by atoms with Crippen molar-refractivity contribution in [2.24, 2.45) is 0 Å². The van der Waals surface area contributed by atoms with E-state index < -0.39 is 0 Å². The highest BCUT2D eigenvalue weighted by Crippen LogP contribution is 2.25. The number of aryl methyl sites for hydroxylation is 1. The minimum atomic E-state index is -0.240. The molecule has 1 aliphatic carbocycles. The summed E-state index contributed by atoms with van der Waals surface area (Å²) in [7, 11) is 0. The van der Waals surface area contributed by atoms with E-state index >= 15 is 0 Å². The summed E-state index contributed by atoms with van der Waals surface area (Å²) in [6, 6.07) is 3.31. The first-order valence-electron chi connectivity index (χ1n) is 8.03. The molecule has 0 radical (unpaired) electrons. The van der Waals surface area contributed by atoms with E-state index in [2.05, 4.69) is 20.8 Å². The Morgan fingerprint density at radius 3 is 2.71 bits per heavy atom. The van der Waals surface area contributed by atoms with Gasteiger partial charge in [-0.3, -0.25) is 14.6 Å². The molecular weight excluding hydrogens is 308 g/mol. The zero-order valence-corrected chi connectivity index (χ0v) is 13.7. The number of pyridine rings is 1. The molecule has 126 valence electrons. The molecule has 7 heteroatoms. The van der Waals surface area contributed by atoms with Crippen LogP contribution in [0.5, 0.6) is 0 Å². The number of fused-ring (bicyclic) bond motifs is 1. The van der Waals surface area contributed by atoms with Gasteiger partial charge in [0.15, 0.2) is 5.69 Å². The molecule has 2 amide bonds. The third-order valence-corrected chi connectivity index (χ3v) is 3.95. The Morgan fingerprint density at radius 2 is 2.00 bits per heavy atom. The Kier molecular flexibility index (Phi) is 4.59. The SMILES string of the molecule is CC(C)NC(=O)c1noc2c1CC(NC(=O)c1ccncc1)CC2. The molecule has 0 fully saturated rings.